The van der Waals surface area contributed by atoms with Crippen LogP contribution in [-0.4, -0.2) is 36.1 Å². The maximum absolute atomic E-state index is 4.59. The smallest absolute Gasteiger partial charge is 0.0897 e. The zero-order valence-electron chi connectivity index (χ0n) is 14.1. The Kier molecular flexibility index (Phi) is 6.65. The molecule has 0 aliphatic heterocycles. The van der Waals surface area contributed by atoms with Crippen LogP contribution in [0.1, 0.15) is 50.2 Å². The molecule has 1 saturated carbocycles. The van der Waals surface area contributed by atoms with Crippen LogP contribution in [0.4, 0.5) is 0 Å². The maximum atomic E-state index is 4.59. The lowest BCUT2D eigenvalue weighted by Crippen LogP contribution is -2.45. The van der Waals surface area contributed by atoms with Crippen LogP contribution in [0, 0.1) is 18.8 Å². The van der Waals surface area contributed by atoms with E-state index in [0.717, 1.165) is 24.9 Å². The van der Waals surface area contributed by atoms with Gasteiger partial charge in [-0.15, -0.1) is 11.3 Å². The molecule has 1 fully saturated rings. The molecule has 3 unspecified atom stereocenters. The van der Waals surface area contributed by atoms with Gasteiger partial charge in [-0.25, -0.2) is 4.98 Å². The highest BCUT2D eigenvalue weighted by Crippen LogP contribution is 2.30. The third kappa shape index (κ3) is 5.35. The van der Waals surface area contributed by atoms with Gasteiger partial charge in [0.05, 0.1) is 10.7 Å². The van der Waals surface area contributed by atoms with E-state index in [1.165, 1.54) is 42.9 Å². The van der Waals surface area contributed by atoms with Crippen molar-refractivity contribution in [2.24, 2.45) is 11.8 Å². The topological polar surface area (TPSA) is 28.2 Å². The minimum Gasteiger partial charge on any atom is -0.314 e. The predicted octanol–water partition coefficient (Wildman–Crippen LogP) is 3.69. The lowest BCUT2D eigenvalue weighted by Gasteiger charge is -2.37. The highest BCUT2D eigenvalue weighted by Gasteiger charge is 2.28. The molecule has 0 saturated heterocycles. The van der Waals surface area contributed by atoms with Crippen LogP contribution in [0.5, 0.6) is 0 Å². The molecule has 1 aromatic rings. The van der Waals surface area contributed by atoms with E-state index >= 15 is 0 Å². The molecule has 1 aliphatic carbocycles. The van der Waals surface area contributed by atoms with Gasteiger partial charge in [0.15, 0.2) is 0 Å². The number of rotatable bonds is 7. The minimum absolute atomic E-state index is 0.709. The van der Waals surface area contributed by atoms with Crippen molar-refractivity contribution in [2.45, 2.75) is 59.0 Å². The first-order chi connectivity index (χ1) is 10.1. The van der Waals surface area contributed by atoms with Crippen molar-refractivity contribution in [3.8, 4) is 0 Å². The standard InChI is InChI=1S/C17H31N3S/c1-5-8-18-17-7-6-13(2)9-15(17)10-20(4)11-16-12-21-14(3)19-16/h12-13,15,17-18H,5-11H2,1-4H3. The van der Waals surface area contributed by atoms with E-state index in [9.17, 15) is 0 Å². The van der Waals surface area contributed by atoms with E-state index in [-0.39, 0.29) is 0 Å². The number of aromatic nitrogens is 1. The SMILES string of the molecule is CCCNC1CCC(C)CC1CN(C)Cc1csc(C)n1. The van der Waals surface area contributed by atoms with Crippen LogP contribution >= 0.6 is 11.3 Å². The van der Waals surface area contributed by atoms with Crippen molar-refractivity contribution in [1.82, 2.24) is 15.2 Å². The molecule has 1 N–H and O–H groups in total. The fraction of sp³-hybridized carbons (Fsp3) is 0.824. The third-order valence-corrected chi connectivity index (χ3v) is 5.37. The van der Waals surface area contributed by atoms with Crippen LogP contribution in [0.2, 0.25) is 0 Å². The van der Waals surface area contributed by atoms with E-state index in [4.69, 9.17) is 0 Å². The van der Waals surface area contributed by atoms with Crippen LogP contribution in [-0.2, 0) is 6.54 Å². The number of nitrogens with one attached hydrogen (secondary N) is 1. The Hall–Kier alpha value is -0.450. The van der Waals surface area contributed by atoms with Gasteiger partial charge >= 0.3 is 0 Å². The summed E-state index contributed by atoms with van der Waals surface area (Å²) in [7, 11) is 2.24. The second kappa shape index (κ2) is 8.25. The van der Waals surface area contributed by atoms with Gasteiger partial charge in [0.2, 0.25) is 0 Å². The van der Waals surface area contributed by atoms with Gasteiger partial charge in [0.1, 0.15) is 0 Å². The molecule has 4 heteroatoms. The minimum atomic E-state index is 0.709. The molecular formula is C17H31N3S. The molecule has 0 bridgehead atoms. The number of hydrogen-bond donors (Lipinski definition) is 1. The maximum Gasteiger partial charge on any atom is 0.0897 e. The van der Waals surface area contributed by atoms with Crippen LogP contribution < -0.4 is 5.32 Å². The monoisotopic (exact) mass is 309 g/mol. The number of nitrogens with zero attached hydrogens (tertiary/aromatic N) is 2. The molecule has 1 aliphatic rings. The van der Waals surface area contributed by atoms with Crippen LogP contribution in [0.15, 0.2) is 5.38 Å². The average molecular weight is 310 g/mol. The molecule has 0 amide bonds. The largest absolute Gasteiger partial charge is 0.314 e. The predicted molar refractivity (Wildman–Crippen MR) is 91.8 cm³/mol. The van der Waals surface area contributed by atoms with Crippen molar-refractivity contribution in [3.05, 3.63) is 16.1 Å². The van der Waals surface area contributed by atoms with E-state index in [1.807, 2.05) is 0 Å². The summed E-state index contributed by atoms with van der Waals surface area (Å²) in [5.41, 5.74) is 1.22. The molecule has 0 spiro atoms. The Balaban J connectivity index is 1.87. The van der Waals surface area contributed by atoms with Gasteiger partial charge in [0.25, 0.3) is 0 Å². The first-order valence-electron chi connectivity index (χ1n) is 8.41. The Morgan fingerprint density at radius 1 is 1.43 bits per heavy atom. The lowest BCUT2D eigenvalue weighted by molar-refractivity contribution is 0.156. The second-order valence-electron chi connectivity index (χ2n) is 6.79. The molecular weight excluding hydrogens is 278 g/mol. The van der Waals surface area contributed by atoms with Crippen LogP contribution in [0.25, 0.3) is 0 Å². The van der Waals surface area contributed by atoms with Gasteiger partial charge in [0, 0.05) is 24.5 Å². The summed E-state index contributed by atoms with van der Waals surface area (Å²) in [6, 6.07) is 0.709. The molecule has 1 aromatic heterocycles. The summed E-state index contributed by atoms with van der Waals surface area (Å²) in [5.74, 6) is 1.66. The first-order valence-corrected chi connectivity index (χ1v) is 9.29. The van der Waals surface area contributed by atoms with Gasteiger partial charge in [-0.05, 0) is 58.0 Å². The fourth-order valence-corrected chi connectivity index (χ4v) is 4.13. The summed E-state index contributed by atoms with van der Waals surface area (Å²) < 4.78 is 0. The van der Waals surface area contributed by atoms with Crippen molar-refractivity contribution >= 4 is 11.3 Å². The van der Waals surface area contributed by atoms with Gasteiger partial charge in [-0.1, -0.05) is 13.8 Å². The molecule has 0 radical (unpaired) electrons. The summed E-state index contributed by atoms with van der Waals surface area (Å²) in [5, 5.41) is 7.14. The first kappa shape index (κ1) is 16.9. The summed E-state index contributed by atoms with van der Waals surface area (Å²) in [6.07, 6.45) is 5.32. The van der Waals surface area contributed by atoms with Crippen molar-refractivity contribution in [1.29, 1.82) is 0 Å². The van der Waals surface area contributed by atoms with Crippen LogP contribution in [0.3, 0.4) is 0 Å². The molecule has 120 valence electrons. The third-order valence-electron chi connectivity index (χ3n) is 4.55. The van der Waals surface area contributed by atoms with Gasteiger partial charge in [-0.2, -0.15) is 0 Å². The molecule has 1 heterocycles. The number of thiazole rings is 1. The summed E-state index contributed by atoms with van der Waals surface area (Å²) in [6.45, 7) is 10.1. The Morgan fingerprint density at radius 2 is 2.24 bits per heavy atom. The lowest BCUT2D eigenvalue weighted by atomic mass is 9.78. The van der Waals surface area contributed by atoms with E-state index in [1.54, 1.807) is 11.3 Å². The Labute approximate surface area is 134 Å². The zero-order chi connectivity index (χ0) is 15.2. The average Bonchev–Trinajstić information content (AvgIpc) is 2.83. The normalized spacial score (nSPS) is 26.4. The quantitative estimate of drug-likeness (QED) is 0.832. The van der Waals surface area contributed by atoms with E-state index in [2.05, 4.69) is 48.4 Å². The van der Waals surface area contributed by atoms with Gasteiger partial charge < -0.3 is 10.2 Å². The second-order valence-corrected chi connectivity index (χ2v) is 7.86. The van der Waals surface area contributed by atoms with Gasteiger partial charge in [-0.3, -0.25) is 0 Å². The highest BCUT2D eigenvalue weighted by atomic mass is 32.1. The summed E-state index contributed by atoms with van der Waals surface area (Å²) >= 11 is 1.75. The molecule has 2 rings (SSSR count). The van der Waals surface area contributed by atoms with Crippen molar-refractivity contribution < 1.29 is 0 Å². The Morgan fingerprint density at radius 3 is 2.90 bits per heavy atom. The number of aryl methyl sites for hydroxylation is 1. The van der Waals surface area contributed by atoms with Crippen molar-refractivity contribution in [2.75, 3.05) is 20.1 Å². The van der Waals surface area contributed by atoms with E-state index in [0.29, 0.717) is 6.04 Å². The zero-order valence-corrected chi connectivity index (χ0v) is 14.9. The fourth-order valence-electron chi connectivity index (χ4n) is 3.52. The van der Waals surface area contributed by atoms with E-state index < -0.39 is 0 Å². The number of hydrogen-bond acceptors (Lipinski definition) is 4. The summed E-state index contributed by atoms with van der Waals surface area (Å²) in [4.78, 5) is 7.04. The van der Waals surface area contributed by atoms with Crippen molar-refractivity contribution in [3.63, 3.8) is 0 Å². The molecule has 3 nitrogen and oxygen atoms in total. The molecule has 21 heavy (non-hydrogen) atoms. The Bertz CT molecular complexity index is 416. The molecule has 3 atom stereocenters. The molecule has 0 aromatic carbocycles. The highest BCUT2D eigenvalue weighted by molar-refractivity contribution is 7.09.